The van der Waals surface area contributed by atoms with Gasteiger partial charge in [-0.1, -0.05) is 6.07 Å². The number of halogens is 2. The molecule has 0 saturated heterocycles. The molecule has 2 aromatic carbocycles. The Bertz CT molecular complexity index is 868. The van der Waals surface area contributed by atoms with Gasteiger partial charge in [-0.3, -0.25) is 4.79 Å². The van der Waals surface area contributed by atoms with Crippen LogP contribution in [0, 0.1) is 11.6 Å². The van der Waals surface area contributed by atoms with Gasteiger partial charge >= 0.3 is 0 Å². The molecule has 0 radical (unpaired) electrons. The summed E-state index contributed by atoms with van der Waals surface area (Å²) in [4.78, 5) is 19.9. The number of nitrogens with zero attached hydrogens (tertiary/aromatic N) is 2. The number of carbonyl (C=O) groups is 1. The van der Waals surface area contributed by atoms with Crippen LogP contribution in [0.15, 0.2) is 48.8 Å². The fourth-order valence-electron chi connectivity index (χ4n) is 2.25. The zero-order valence-corrected chi connectivity index (χ0v) is 12.6. The monoisotopic (exact) mass is 328 g/mol. The molecular formula is C17H14F2N4O. The van der Waals surface area contributed by atoms with E-state index in [9.17, 15) is 13.6 Å². The van der Waals surface area contributed by atoms with Gasteiger partial charge in [0.1, 0.15) is 29.3 Å². The molecule has 3 aromatic rings. The summed E-state index contributed by atoms with van der Waals surface area (Å²) in [6.07, 6.45) is 1.28. The predicted octanol–water partition coefficient (Wildman–Crippen LogP) is 2.75. The van der Waals surface area contributed by atoms with Crippen molar-refractivity contribution in [3.63, 3.8) is 0 Å². The molecule has 122 valence electrons. The average Bonchev–Trinajstić information content (AvgIpc) is 2.60. The Morgan fingerprint density at radius 3 is 2.58 bits per heavy atom. The van der Waals surface area contributed by atoms with Crippen molar-refractivity contribution in [3.05, 3.63) is 66.0 Å². The maximum Gasteiger partial charge on any atom is 0.251 e. The maximum atomic E-state index is 13.7. The Hall–Kier alpha value is -3.09. The molecule has 0 aliphatic heterocycles. The lowest BCUT2D eigenvalue weighted by Gasteiger charge is -2.09. The molecule has 0 aliphatic carbocycles. The molecule has 1 amide bonds. The van der Waals surface area contributed by atoms with Crippen LogP contribution in [0.5, 0.6) is 0 Å². The van der Waals surface area contributed by atoms with Crippen LogP contribution >= 0.6 is 0 Å². The molecule has 3 rings (SSSR count). The van der Waals surface area contributed by atoms with Crippen LogP contribution < -0.4 is 10.6 Å². The molecule has 5 nitrogen and oxygen atoms in total. The number of benzene rings is 2. The molecular weight excluding hydrogens is 314 g/mol. The van der Waals surface area contributed by atoms with Crippen molar-refractivity contribution in [2.24, 2.45) is 0 Å². The normalized spacial score (nSPS) is 10.6. The van der Waals surface area contributed by atoms with E-state index in [4.69, 9.17) is 0 Å². The number of amides is 1. The summed E-state index contributed by atoms with van der Waals surface area (Å²) in [6.45, 7) is 0.729. The zero-order valence-electron chi connectivity index (χ0n) is 12.6. The third kappa shape index (κ3) is 3.45. The highest BCUT2D eigenvalue weighted by atomic mass is 19.1. The van der Waals surface area contributed by atoms with Crippen LogP contribution in [0.4, 0.5) is 14.6 Å². The minimum Gasteiger partial charge on any atom is -0.368 e. The van der Waals surface area contributed by atoms with Crippen molar-refractivity contribution in [1.82, 2.24) is 15.3 Å². The van der Waals surface area contributed by atoms with Gasteiger partial charge in [-0.25, -0.2) is 18.7 Å². The zero-order chi connectivity index (χ0) is 16.9. The number of para-hydroxylation sites is 1. The van der Waals surface area contributed by atoms with E-state index in [0.717, 1.165) is 0 Å². The maximum absolute atomic E-state index is 13.7. The molecule has 1 aromatic heterocycles. The Labute approximate surface area is 136 Å². The second-order valence-electron chi connectivity index (χ2n) is 5.05. The number of anilines is 1. The van der Waals surface area contributed by atoms with Crippen LogP contribution in [-0.2, 0) is 0 Å². The number of aromatic nitrogens is 2. The molecule has 24 heavy (non-hydrogen) atoms. The Kier molecular flexibility index (Phi) is 4.60. The van der Waals surface area contributed by atoms with Gasteiger partial charge in [0.25, 0.3) is 5.91 Å². The molecule has 0 bridgehead atoms. The van der Waals surface area contributed by atoms with Crippen molar-refractivity contribution in [2.75, 3.05) is 18.4 Å². The van der Waals surface area contributed by atoms with Crippen LogP contribution in [0.2, 0.25) is 0 Å². The van der Waals surface area contributed by atoms with E-state index in [1.807, 2.05) is 0 Å². The van der Waals surface area contributed by atoms with E-state index in [1.54, 1.807) is 12.1 Å². The number of rotatable bonds is 5. The fourth-order valence-corrected chi connectivity index (χ4v) is 2.25. The SMILES string of the molecule is O=C(NCCNc1ncnc2c(F)cccc12)c1ccc(F)cc1. The first-order valence-corrected chi connectivity index (χ1v) is 7.32. The smallest absolute Gasteiger partial charge is 0.251 e. The van der Waals surface area contributed by atoms with Crippen molar-refractivity contribution in [1.29, 1.82) is 0 Å². The first-order valence-electron chi connectivity index (χ1n) is 7.32. The minimum absolute atomic E-state index is 0.241. The van der Waals surface area contributed by atoms with Crippen LogP contribution in [0.25, 0.3) is 10.9 Å². The van der Waals surface area contributed by atoms with Crippen LogP contribution in [0.3, 0.4) is 0 Å². The first-order chi connectivity index (χ1) is 11.6. The fraction of sp³-hybridized carbons (Fsp3) is 0.118. The van der Waals surface area contributed by atoms with Gasteiger partial charge in [0.15, 0.2) is 0 Å². The summed E-state index contributed by atoms with van der Waals surface area (Å²) in [7, 11) is 0. The van der Waals surface area contributed by atoms with Crippen LogP contribution in [0.1, 0.15) is 10.4 Å². The van der Waals surface area contributed by atoms with Crippen LogP contribution in [-0.4, -0.2) is 29.0 Å². The second kappa shape index (κ2) is 6.99. The summed E-state index contributed by atoms with van der Waals surface area (Å²) >= 11 is 0. The van der Waals surface area contributed by atoms with Crippen molar-refractivity contribution in [2.45, 2.75) is 0 Å². The van der Waals surface area contributed by atoms with E-state index < -0.39 is 11.6 Å². The van der Waals surface area contributed by atoms with E-state index in [2.05, 4.69) is 20.6 Å². The summed E-state index contributed by atoms with van der Waals surface area (Å²) in [5, 5.41) is 6.32. The molecule has 0 spiro atoms. The lowest BCUT2D eigenvalue weighted by atomic mass is 10.2. The molecule has 0 unspecified atom stereocenters. The highest BCUT2D eigenvalue weighted by Gasteiger charge is 2.08. The number of hydrogen-bond donors (Lipinski definition) is 2. The van der Waals surface area contributed by atoms with Gasteiger partial charge in [-0.05, 0) is 36.4 Å². The van der Waals surface area contributed by atoms with Gasteiger partial charge in [0.05, 0.1) is 0 Å². The number of nitrogens with one attached hydrogen (secondary N) is 2. The first kappa shape index (κ1) is 15.8. The number of fused-ring (bicyclic) bond motifs is 1. The van der Waals surface area contributed by atoms with Crippen molar-refractivity contribution < 1.29 is 13.6 Å². The van der Waals surface area contributed by atoms with Gasteiger partial charge in [-0.15, -0.1) is 0 Å². The van der Waals surface area contributed by atoms with Crippen molar-refractivity contribution >= 4 is 22.6 Å². The second-order valence-corrected chi connectivity index (χ2v) is 5.05. The molecule has 1 heterocycles. The molecule has 0 saturated carbocycles. The molecule has 0 aliphatic rings. The quantitative estimate of drug-likeness (QED) is 0.707. The molecule has 0 atom stereocenters. The average molecular weight is 328 g/mol. The largest absolute Gasteiger partial charge is 0.368 e. The van der Waals surface area contributed by atoms with E-state index >= 15 is 0 Å². The molecule has 0 fully saturated rings. The topological polar surface area (TPSA) is 66.9 Å². The number of hydrogen-bond acceptors (Lipinski definition) is 4. The minimum atomic E-state index is -0.414. The summed E-state index contributed by atoms with van der Waals surface area (Å²) < 4.78 is 26.5. The van der Waals surface area contributed by atoms with Gasteiger partial charge < -0.3 is 10.6 Å². The molecule has 7 heteroatoms. The van der Waals surface area contributed by atoms with Gasteiger partial charge in [0.2, 0.25) is 0 Å². The van der Waals surface area contributed by atoms with Gasteiger partial charge in [-0.2, -0.15) is 0 Å². The van der Waals surface area contributed by atoms with Crippen molar-refractivity contribution in [3.8, 4) is 0 Å². The Morgan fingerprint density at radius 1 is 1.00 bits per heavy atom. The summed E-state index contributed by atoms with van der Waals surface area (Å²) in [5.74, 6) is -0.607. The Balaban J connectivity index is 1.58. The third-order valence-electron chi connectivity index (χ3n) is 3.42. The number of carbonyl (C=O) groups excluding carboxylic acids is 1. The lowest BCUT2D eigenvalue weighted by Crippen LogP contribution is -2.28. The third-order valence-corrected chi connectivity index (χ3v) is 3.42. The van der Waals surface area contributed by atoms with E-state index in [0.29, 0.717) is 29.9 Å². The predicted molar refractivity (Wildman–Crippen MR) is 86.7 cm³/mol. The summed E-state index contributed by atoms with van der Waals surface area (Å²) in [5.41, 5.74) is 0.622. The Morgan fingerprint density at radius 2 is 1.79 bits per heavy atom. The standard InChI is InChI=1S/C17H14F2N4O/c18-12-6-4-11(5-7-12)17(24)21-9-8-20-16-13-2-1-3-14(19)15(13)22-10-23-16/h1-7,10H,8-9H2,(H,21,24)(H,20,22,23). The lowest BCUT2D eigenvalue weighted by molar-refractivity contribution is 0.0955. The highest BCUT2D eigenvalue weighted by molar-refractivity contribution is 5.94. The van der Waals surface area contributed by atoms with Gasteiger partial charge in [0, 0.05) is 24.0 Å². The highest BCUT2D eigenvalue weighted by Crippen LogP contribution is 2.20. The van der Waals surface area contributed by atoms with E-state index in [1.165, 1.54) is 36.7 Å². The van der Waals surface area contributed by atoms with E-state index in [-0.39, 0.29) is 11.4 Å². The summed E-state index contributed by atoms with van der Waals surface area (Å²) in [6, 6.07) is 9.93. The molecule has 2 N–H and O–H groups in total.